The van der Waals surface area contributed by atoms with E-state index in [-0.39, 0.29) is 24.0 Å². The van der Waals surface area contributed by atoms with E-state index in [1.165, 1.54) is 11.3 Å². The first-order valence-corrected chi connectivity index (χ1v) is 11.3. The Kier molecular flexibility index (Phi) is 6.46. The van der Waals surface area contributed by atoms with Gasteiger partial charge in [-0.25, -0.2) is 4.98 Å². The third kappa shape index (κ3) is 5.24. The fraction of sp³-hybridized carbons (Fsp3) is 0.500. The lowest BCUT2D eigenvalue weighted by Crippen LogP contribution is -2.44. The van der Waals surface area contributed by atoms with Crippen LogP contribution < -0.4 is 5.32 Å². The van der Waals surface area contributed by atoms with Gasteiger partial charge in [-0.05, 0) is 38.0 Å². The molecule has 0 bridgehead atoms. The van der Waals surface area contributed by atoms with E-state index in [1.54, 1.807) is 12.1 Å². The van der Waals surface area contributed by atoms with Gasteiger partial charge < -0.3 is 9.64 Å². The number of hydrogen-bond donors (Lipinski definition) is 1. The van der Waals surface area contributed by atoms with E-state index in [0.717, 1.165) is 43.9 Å². The Bertz CT molecular complexity index is 888. The number of carbonyl (C=O) groups excluding carboxylic acids is 2. The van der Waals surface area contributed by atoms with Crippen molar-refractivity contribution in [1.82, 2.24) is 14.8 Å². The largest absolute Gasteiger partial charge is 0.373 e. The smallest absolute Gasteiger partial charge is 0.257 e. The zero-order valence-corrected chi connectivity index (χ0v) is 18.3. The number of ether oxygens (including phenoxy) is 1. The maximum absolute atomic E-state index is 12.6. The molecule has 1 N–H and O–H groups in total. The van der Waals surface area contributed by atoms with E-state index in [4.69, 9.17) is 4.74 Å². The van der Waals surface area contributed by atoms with Gasteiger partial charge in [-0.1, -0.05) is 12.1 Å². The van der Waals surface area contributed by atoms with Crippen LogP contribution in [0.2, 0.25) is 0 Å². The predicted octanol–water partition coefficient (Wildman–Crippen LogP) is 3.13. The maximum atomic E-state index is 12.6. The van der Waals surface area contributed by atoms with Gasteiger partial charge in [0.1, 0.15) is 0 Å². The second-order valence-electron chi connectivity index (χ2n) is 8.17. The summed E-state index contributed by atoms with van der Waals surface area (Å²) in [6.45, 7) is 8.13. The molecule has 2 unspecified atom stereocenters. The van der Waals surface area contributed by atoms with E-state index < -0.39 is 0 Å². The van der Waals surface area contributed by atoms with Gasteiger partial charge in [-0.15, -0.1) is 11.3 Å². The Hall–Kier alpha value is -2.29. The molecule has 2 aliphatic rings. The van der Waals surface area contributed by atoms with Crippen molar-refractivity contribution < 1.29 is 14.3 Å². The Balaban J connectivity index is 1.31. The number of thiazole rings is 1. The zero-order chi connectivity index (χ0) is 21.1. The highest BCUT2D eigenvalue weighted by molar-refractivity contribution is 7.13. The zero-order valence-electron chi connectivity index (χ0n) is 17.5. The fourth-order valence-electron chi connectivity index (χ4n) is 4.10. The second kappa shape index (κ2) is 9.24. The van der Waals surface area contributed by atoms with Gasteiger partial charge in [0.2, 0.25) is 5.91 Å². The summed E-state index contributed by atoms with van der Waals surface area (Å²) >= 11 is 1.44. The monoisotopic (exact) mass is 428 g/mol. The van der Waals surface area contributed by atoms with Crippen molar-refractivity contribution in [1.29, 1.82) is 0 Å². The van der Waals surface area contributed by atoms with Crippen LogP contribution in [0.3, 0.4) is 0 Å². The number of nitrogens with one attached hydrogen (secondary N) is 1. The van der Waals surface area contributed by atoms with Crippen LogP contribution in [0, 0.1) is 0 Å². The number of aromatic nitrogens is 1. The fourth-order valence-corrected chi connectivity index (χ4v) is 4.80. The molecular formula is C22H28N4O3S. The molecule has 0 saturated carbocycles. The van der Waals surface area contributed by atoms with Crippen molar-refractivity contribution in [2.24, 2.45) is 0 Å². The molecule has 0 radical (unpaired) electrons. The summed E-state index contributed by atoms with van der Waals surface area (Å²) < 4.78 is 5.78. The third-order valence-electron chi connectivity index (χ3n) is 5.41. The van der Waals surface area contributed by atoms with Crippen molar-refractivity contribution in [3.63, 3.8) is 0 Å². The number of amides is 2. The van der Waals surface area contributed by atoms with Gasteiger partial charge in [-0.3, -0.25) is 19.8 Å². The highest BCUT2D eigenvalue weighted by Crippen LogP contribution is 2.20. The maximum Gasteiger partial charge on any atom is 0.257 e. The molecule has 2 aliphatic heterocycles. The highest BCUT2D eigenvalue weighted by Gasteiger charge is 2.23. The molecular weight excluding hydrogens is 400 g/mol. The van der Waals surface area contributed by atoms with Gasteiger partial charge in [0, 0.05) is 50.1 Å². The van der Waals surface area contributed by atoms with E-state index in [2.05, 4.69) is 29.0 Å². The van der Waals surface area contributed by atoms with Crippen LogP contribution in [0.25, 0.3) is 0 Å². The standard InChI is InChI=1S/C22H28N4O3S/c1-15-10-25(11-16(2)29-15)13-19-14-30-22(23-19)24-21(28)18-7-5-17(6-8-18)12-26-9-3-4-20(26)27/h5-8,14-16H,3-4,9-13H2,1-2H3,(H,23,24,28). The highest BCUT2D eigenvalue weighted by atomic mass is 32.1. The van der Waals surface area contributed by atoms with Gasteiger partial charge in [-0.2, -0.15) is 0 Å². The third-order valence-corrected chi connectivity index (χ3v) is 6.22. The van der Waals surface area contributed by atoms with Crippen molar-refractivity contribution in [3.8, 4) is 0 Å². The summed E-state index contributed by atoms with van der Waals surface area (Å²) in [4.78, 5) is 33.1. The second-order valence-corrected chi connectivity index (χ2v) is 9.02. The average molecular weight is 429 g/mol. The Morgan fingerprint density at radius 1 is 1.20 bits per heavy atom. The molecule has 0 aliphatic carbocycles. The van der Waals surface area contributed by atoms with Crippen molar-refractivity contribution in [2.45, 2.75) is 52.0 Å². The first kappa shape index (κ1) is 21.0. The molecule has 30 heavy (non-hydrogen) atoms. The minimum absolute atomic E-state index is 0.173. The number of nitrogens with zero attached hydrogens (tertiary/aromatic N) is 3. The Morgan fingerprint density at radius 3 is 2.60 bits per heavy atom. The van der Waals surface area contributed by atoms with E-state index in [1.807, 2.05) is 22.4 Å². The first-order valence-electron chi connectivity index (χ1n) is 10.5. The van der Waals surface area contributed by atoms with Crippen LogP contribution >= 0.6 is 11.3 Å². The summed E-state index contributed by atoms with van der Waals surface area (Å²) in [7, 11) is 0. The van der Waals surface area contributed by atoms with Gasteiger partial charge in [0.15, 0.2) is 5.13 Å². The molecule has 7 nitrogen and oxygen atoms in total. The van der Waals surface area contributed by atoms with E-state index in [9.17, 15) is 9.59 Å². The summed E-state index contributed by atoms with van der Waals surface area (Å²) in [5.41, 5.74) is 2.58. The van der Waals surface area contributed by atoms with Crippen LogP contribution in [-0.4, -0.2) is 58.4 Å². The molecule has 8 heteroatoms. The molecule has 1 aromatic carbocycles. The van der Waals surface area contributed by atoms with E-state index >= 15 is 0 Å². The molecule has 0 spiro atoms. The topological polar surface area (TPSA) is 74.8 Å². The van der Waals surface area contributed by atoms with Gasteiger partial charge >= 0.3 is 0 Å². The molecule has 2 fully saturated rings. The first-order chi connectivity index (χ1) is 14.5. The minimum Gasteiger partial charge on any atom is -0.373 e. The predicted molar refractivity (Wildman–Crippen MR) is 116 cm³/mol. The normalized spacial score (nSPS) is 22.5. The average Bonchev–Trinajstić information content (AvgIpc) is 3.30. The van der Waals surface area contributed by atoms with Crippen LogP contribution in [0.1, 0.15) is 48.3 Å². The number of benzene rings is 1. The molecule has 1 aromatic heterocycles. The number of rotatable bonds is 6. The lowest BCUT2D eigenvalue weighted by molar-refractivity contribution is -0.128. The number of likely N-dealkylation sites (tertiary alicyclic amines) is 1. The lowest BCUT2D eigenvalue weighted by Gasteiger charge is -2.34. The molecule has 2 saturated heterocycles. The number of hydrogen-bond acceptors (Lipinski definition) is 6. The minimum atomic E-state index is -0.173. The summed E-state index contributed by atoms with van der Waals surface area (Å²) in [6, 6.07) is 7.43. The summed E-state index contributed by atoms with van der Waals surface area (Å²) in [6.07, 6.45) is 2.01. The molecule has 4 rings (SSSR count). The summed E-state index contributed by atoms with van der Waals surface area (Å²) in [5.74, 6) is 0.0331. The van der Waals surface area contributed by atoms with Crippen LogP contribution in [-0.2, 0) is 22.6 Å². The summed E-state index contributed by atoms with van der Waals surface area (Å²) in [5, 5.41) is 5.50. The number of anilines is 1. The number of carbonyl (C=O) groups is 2. The quantitative estimate of drug-likeness (QED) is 0.765. The molecule has 2 aromatic rings. The Morgan fingerprint density at radius 2 is 1.93 bits per heavy atom. The molecule has 2 amide bonds. The van der Waals surface area contributed by atoms with Crippen molar-refractivity contribution in [2.75, 3.05) is 25.0 Å². The number of morpholine rings is 1. The van der Waals surface area contributed by atoms with Gasteiger partial charge in [0.25, 0.3) is 5.91 Å². The Labute approximate surface area is 181 Å². The lowest BCUT2D eigenvalue weighted by atomic mass is 10.1. The SMILES string of the molecule is CC1CN(Cc2csc(NC(=O)c3ccc(CN4CCCC4=O)cc3)n2)CC(C)O1. The van der Waals surface area contributed by atoms with Crippen LogP contribution in [0.5, 0.6) is 0 Å². The molecule has 160 valence electrons. The van der Waals surface area contributed by atoms with Crippen molar-refractivity contribution in [3.05, 3.63) is 46.5 Å². The molecule has 3 heterocycles. The van der Waals surface area contributed by atoms with E-state index in [0.29, 0.717) is 23.7 Å². The van der Waals surface area contributed by atoms with Crippen molar-refractivity contribution >= 4 is 28.3 Å². The van der Waals surface area contributed by atoms with Crippen LogP contribution in [0.4, 0.5) is 5.13 Å². The van der Waals surface area contributed by atoms with Crippen LogP contribution in [0.15, 0.2) is 29.6 Å². The molecule has 2 atom stereocenters. The van der Waals surface area contributed by atoms with Gasteiger partial charge in [0.05, 0.1) is 17.9 Å².